The van der Waals surface area contributed by atoms with Crippen molar-refractivity contribution in [1.82, 2.24) is 19.9 Å². The highest BCUT2D eigenvalue weighted by Crippen LogP contribution is 2.31. The first-order valence-electron chi connectivity index (χ1n) is 11.0. The summed E-state index contributed by atoms with van der Waals surface area (Å²) in [6, 6.07) is 16.5. The van der Waals surface area contributed by atoms with Crippen LogP contribution in [0, 0.1) is 0 Å². The number of nitrogens with zero attached hydrogens (tertiary/aromatic N) is 3. The van der Waals surface area contributed by atoms with Gasteiger partial charge in [0.25, 0.3) is 0 Å². The third kappa shape index (κ3) is 4.19. The van der Waals surface area contributed by atoms with Crippen molar-refractivity contribution in [2.45, 2.75) is 45.9 Å². The topological polar surface area (TPSA) is 54.0 Å². The molecule has 0 fully saturated rings. The second kappa shape index (κ2) is 8.52. The first-order valence-corrected chi connectivity index (χ1v) is 11.0. The zero-order valence-corrected chi connectivity index (χ0v) is 18.1. The maximum Gasteiger partial charge on any atom is 0.131 e. The molecule has 0 aliphatic carbocycles. The van der Waals surface area contributed by atoms with Crippen LogP contribution in [0.3, 0.4) is 0 Å². The molecule has 0 atom stereocenters. The summed E-state index contributed by atoms with van der Waals surface area (Å²) in [6.07, 6.45) is 5.11. The zero-order chi connectivity index (χ0) is 21.2. The van der Waals surface area contributed by atoms with Crippen molar-refractivity contribution in [2.75, 3.05) is 6.54 Å². The largest absolute Gasteiger partial charge is 0.488 e. The molecule has 5 heteroatoms. The van der Waals surface area contributed by atoms with Gasteiger partial charge in [0.2, 0.25) is 0 Å². The van der Waals surface area contributed by atoms with Crippen LogP contribution in [0.15, 0.2) is 60.9 Å². The van der Waals surface area contributed by atoms with Gasteiger partial charge < -0.3 is 9.72 Å². The zero-order valence-electron chi connectivity index (χ0n) is 18.1. The smallest absolute Gasteiger partial charge is 0.131 e. The Kier molecular flexibility index (Phi) is 5.43. The first kappa shape index (κ1) is 19.8. The van der Waals surface area contributed by atoms with Gasteiger partial charge in [-0.05, 0) is 23.3 Å². The van der Waals surface area contributed by atoms with Crippen LogP contribution in [-0.2, 0) is 26.1 Å². The highest BCUT2D eigenvalue weighted by Gasteiger charge is 2.21. The van der Waals surface area contributed by atoms with Gasteiger partial charge in [0, 0.05) is 66.5 Å². The average Bonchev–Trinajstić information content (AvgIpc) is 3.21. The number of ether oxygens (including phenoxy) is 1. The van der Waals surface area contributed by atoms with Gasteiger partial charge >= 0.3 is 0 Å². The first-order chi connectivity index (χ1) is 15.2. The van der Waals surface area contributed by atoms with Crippen molar-refractivity contribution in [3.05, 3.63) is 89.1 Å². The molecule has 5 nitrogen and oxygen atoms in total. The van der Waals surface area contributed by atoms with Crippen molar-refractivity contribution >= 4 is 10.9 Å². The van der Waals surface area contributed by atoms with E-state index in [1.54, 1.807) is 0 Å². The molecular formula is C26H28N4O. The lowest BCUT2D eigenvalue weighted by molar-refractivity contribution is 0.243. The Morgan fingerprint density at radius 3 is 2.81 bits per heavy atom. The molecule has 1 aliphatic heterocycles. The molecule has 0 unspecified atom stereocenters. The van der Waals surface area contributed by atoms with E-state index in [0.717, 1.165) is 43.1 Å². The molecule has 31 heavy (non-hydrogen) atoms. The molecular weight excluding hydrogens is 384 g/mol. The molecule has 4 aromatic rings. The monoisotopic (exact) mass is 412 g/mol. The van der Waals surface area contributed by atoms with E-state index in [-0.39, 0.29) is 0 Å². The van der Waals surface area contributed by atoms with Crippen molar-refractivity contribution < 1.29 is 4.74 Å². The molecule has 1 aliphatic rings. The third-order valence-electron chi connectivity index (χ3n) is 5.93. The second-order valence-electron chi connectivity index (χ2n) is 8.58. The Morgan fingerprint density at radius 1 is 1.10 bits per heavy atom. The Labute approximate surface area is 183 Å². The lowest BCUT2D eigenvalue weighted by atomic mass is 10.0. The number of hydrogen-bond acceptors (Lipinski definition) is 4. The van der Waals surface area contributed by atoms with Crippen LogP contribution in [-0.4, -0.2) is 26.4 Å². The summed E-state index contributed by atoms with van der Waals surface area (Å²) in [6.45, 7) is 7.61. The van der Waals surface area contributed by atoms with Crippen molar-refractivity contribution in [2.24, 2.45) is 0 Å². The number of aromatic nitrogens is 3. The van der Waals surface area contributed by atoms with Crippen molar-refractivity contribution in [3.63, 3.8) is 0 Å². The Balaban J connectivity index is 1.35. The number of aromatic amines is 1. The van der Waals surface area contributed by atoms with Crippen LogP contribution < -0.4 is 4.74 Å². The van der Waals surface area contributed by atoms with Crippen LogP contribution >= 0.6 is 0 Å². The van der Waals surface area contributed by atoms with Gasteiger partial charge in [0.1, 0.15) is 18.2 Å². The molecule has 2 aromatic carbocycles. The second-order valence-corrected chi connectivity index (χ2v) is 8.58. The minimum atomic E-state index is 0.365. The van der Waals surface area contributed by atoms with E-state index in [9.17, 15) is 0 Å². The predicted molar refractivity (Wildman–Crippen MR) is 123 cm³/mol. The van der Waals surface area contributed by atoms with Gasteiger partial charge in [-0.1, -0.05) is 50.2 Å². The van der Waals surface area contributed by atoms with E-state index in [2.05, 4.69) is 59.2 Å². The predicted octanol–water partition coefficient (Wildman–Crippen LogP) is 5.22. The van der Waals surface area contributed by atoms with Gasteiger partial charge in [0.05, 0.1) is 0 Å². The molecule has 0 bridgehead atoms. The summed E-state index contributed by atoms with van der Waals surface area (Å²) in [5, 5.41) is 1.18. The quantitative estimate of drug-likeness (QED) is 0.472. The molecule has 0 radical (unpaired) electrons. The highest BCUT2D eigenvalue weighted by atomic mass is 16.5. The van der Waals surface area contributed by atoms with Crippen LogP contribution in [0.1, 0.15) is 48.0 Å². The molecule has 0 amide bonds. The molecule has 5 rings (SSSR count). The third-order valence-corrected chi connectivity index (χ3v) is 5.93. The number of nitrogens with one attached hydrogen (secondary N) is 1. The lowest BCUT2D eigenvalue weighted by Crippen LogP contribution is -2.31. The lowest BCUT2D eigenvalue weighted by Gasteiger charge is -2.28. The average molecular weight is 413 g/mol. The van der Waals surface area contributed by atoms with E-state index in [1.807, 2.05) is 30.5 Å². The summed E-state index contributed by atoms with van der Waals surface area (Å²) in [7, 11) is 0. The number of hydrogen-bond donors (Lipinski definition) is 1. The fourth-order valence-electron chi connectivity index (χ4n) is 4.24. The van der Waals surface area contributed by atoms with Crippen LogP contribution in [0.5, 0.6) is 5.75 Å². The Morgan fingerprint density at radius 2 is 1.97 bits per heavy atom. The van der Waals surface area contributed by atoms with Crippen LogP contribution in [0.25, 0.3) is 10.9 Å². The number of H-pyrrole nitrogens is 1. The van der Waals surface area contributed by atoms with Crippen LogP contribution in [0.4, 0.5) is 0 Å². The summed E-state index contributed by atoms with van der Waals surface area (Å²) < 4.78 is 6.23. The summed E-state index contributed by atoms with van der Waals surface area (Å²) in [5.74, 6) is 2.24. The van der Waals surface area contributed by atoms with E-state index in [4.69, 9.17) is 9.72 Å². The molecule has 0 saturated heterocycles. The molecule has 1 N–H and O–H groups in total. The fourth-order valence-corrected chi connectivity index (χ4v) is 4.24. The molecule has 0 saturated carbocycles. The van der Waals surface area contributed by atoms with Crippen molar-refractivity contribution in [3.8, 4) is 5.75 Å². The normalized spacial score (nSPS) is 14.2. The molecule has 0 spiro atoms. The van der Waals surface area contributed by atoms with Gasteiger partial charge in [0.15, 0.2) is 0 Å². The molecule has 158 valence electrons. The molecule has 3 heterocycles. The summed E-state index contributed by atoms with van der Waals surface area (Å²) in [4.78, 5) is 15.3. The number of benzene rings is 2. The van der Waals surface area contributed by atoms with Crippen LogP contribution in [0.2, 0.25) is 0 Å². The van der Waals surface area contributed by atoms with E-state index < -0.39 is 0 Å². The maximum atomic E-state index is 6.23. The number of fused-ring (bicyclic) bond motifs is 2. The Hall–Kier alpha value is -3.18. The number of rotatable bonds is 6. The van der Waals surface area contributed by atoms with Gasteiger partial charge in [-0.25, -0.2) is 9.97 Å². The van der Waals surface area contributed by atoms with E-state index in [1.165, 1.54) is 27.8 Å². The summed E-state index contributed by atoms with van der Waals surface area (Å²) >= 11 is 0. The van der Waals surface area contributed by atoms with Gasteiger partial charge in [-0.2, -0.15) is 0 Å². The van der Waals surface area contributed by atoms with Gasteiger partial charge in [-0.15, -0.1) is 0 Å². The highest BCUT2D eigenvalue weighted by molar-refractivity contribution is 5.89. The standard InChI is InChI=1S/C26H28N4O/c1-18(2)26-28-13-20-15-30(12-11-22(20)29-26)16-21-14-27-23-9-6-10-24(25(21)23)31-17-19-7-4-3-5-8-19/h3-10,13-14,18,27H,11-12,15-17H2,1-2H3. The van der Waals surface area contributed by atoms with E-state index in [0.29, 0.717) is 12.5 Å². The maximum absolute atomic E-state index is 6.23. The minimum absolute atomic E-state index is 0.365. The van der Waals surface area contributed by atoms with Gasteiger partial charge in [-0.3, -0.25) is 4.90 Å². The SMILES string of the molecule is CC(C)c1ncc2c(n1)CCN(Cc1c[nH]c3cccc(OCc4ccccc4)c13)C2. The fraction of sp³-hybridized carbons (Fsp3) is 0.308. The minimum Gasteiger partial charge on any atom is -0.488 e. The van der Waals surface area contributed by atoms with Crippen molar-refractivity contribution in [1.29, 1.82) is 0 Å². The molecule has 2 aromatic heterocycles. The van der Waals surface area contributed by atoms with E-state index >= 15 is 0 Å². The Bertz CT molecular complexity index is 1180. The summed E-state index contributed by atoms with van der Waals surface area (Å²) in [5.41, 5.74) is 6.01.